The van der Waals surface area contributed by atoms with E-state index in [1.54, 1.807) is 12.3 Å². The zero-order valence-corrected chi connectivity index (χ0v) is 13.9. The van der Waals surface area contributed by atoms with Crippen molar-refractivity contribution in [2.45, 2.75) is 25.9 Å². The molecule has 1 aromatic heterocycles. The average Bonchev–Trinajstić information content (AvgIpc) is 3.00. The highest BCUT2D eigenvalue weighted by molar-refractivity contribution is 7.13. The quantitative estimate of drug-likeness (QED) is 0.665. The van der Waals surface area contributed by atoms with E-state index in [1.807, 2.05) is 30.3 Å². The monoisotopic (exact) mass is 346 g/mol. The van der Waals surface area contributed by atoms with E-state index in [0.717, 1.165) is 5.56 Å². The molecule has 1 aromatic carbocycles. The lowest BCUT2D eigenvalue weighted by molar-refractivity contribution is -0.123. The van der Waals surface area contributed by atoms with Crippen molar-refractivity contribution < 1.29 is 14.4 Å². The van der Waals surface area contributed by atoms with Gasteiger partial charge in [-0.2, -0.15) is 0 Å². The number of rotatable bonds is 7. The Kier molecular flexibility index (Phi) is 6.44. The van der Waals surface area contributed by atoms with Gasteiger partial charge in [0.15, 0.2) is 5.13 Å². The molecule has 2 rings (SSSR count). The lowest BCUT2D eigenvalue weighted by Crippen LogP contribution is -2.34. The number of hydrogen-bond acceptors (Lipinski definition) is 5. The highest BCUT2D eigenvalue weighted by Crippen LogP contribution is 2.15. The number of anilines is 1. The summed E-state index contributed by atoms with van der Waals surface area (Å²) in [5, 5.41) is 9.98. The predicted molar refractivity (Wildman–Crippen MR) is 91.8 cm³/mol. The molecule has 0 bridgehead atoms. The molecule has 24 heavy (non-hydrogen) atoms. The van der Waals surface area contributed by atoms with E-state index in [2.05, 4.69) is 20.9 Å². The number of nitrogens with one attached hydrogen (secondary N) is 3. The van der Waals surface area contributed by atoms with Gasteiger partial charge in [0.1, 0.15) is 6.29 Å². The summed E-state index contributed by atoms with van der Waals surface area (Å²) in [5.41, 5.74) is 1.53. The fourth-order valence-corrected chi connectivity index (χ4v) is 2.57. The molecular formula is C16H18N4O3S. The Balaban J connectivity index is 1.79. The number of aldehydes is 1. The van der Waals surface area contributed by atoms with Crippen molar-refractivity contribution in [1.82, 2.24) is 15.6 Å². The van der Waals surface area contributed by atoms with Gasteiger partial charge in [0.05, 0.1) is 18.2 Å². The molecule has 2 aromatic rings. The molecule has 8 heteroatoms. The fraction of sp³-hybridized carbons (Fsp3) is 0.250. The van der Waals surface area contributed by atoms with Crippen LogP contribution in [0.2, 0.25) is 0 Å². The van der Waals surface area contributed by atoms with Crippen LogP contribution in [0, 0.1) is 0 Å². The van der Waals surface area contributed by atoms with Crippen molar-refractivity contribution in [3.05, 3.63) is 47.0 Å². The van der Waals surface area contributed by atoms with Crippen molar-refractivity contribution >= 4 is 34.7 Å². The van der Waals surface area contributed by atoms with E-state index in [0.29, 0.717) is 23.7 Å². The van der Waals surface area contributed by atoms with Crippen LogP contribution >= 0.6 is 11.3 Å². The van der Waals surface area contributed by atoms with Crippen LogP contribution in [-0.4, -0.2) is 29.3 Å². The van der Waals surface area contributed by atoms with E-state index in [-0.39, 0.29) is 18.4 Å². The van der Waals surface area contributed by atoms with Gasteiger partial charge < -0.3 is 15.4 Å². The Hall–Kier alpha value is -2.74. The molecule has 3 N–H and O–H groups in total. The Morgan fingerprint density at radius 2 is 2.04 bits per heavy atom. The van der Waals surface area contributed by atoms with E-state index in [4.69, 9.17) is 0 Å². The van der Waals surface area contributed by atoms with Gasteiger partial charge in [0, 0.05) is 11.9 Å². The number of amides is 3. The summed E-state index contributed by atoms with van der Waals surface area (Å²) >= 11 is 1.23. The average molecular weight is 346 g/mol. The normalized spacial score (nSPS) is 11.4. The smallest absolute Gasteiger partial charge is 0.321 e. The third-order valence-electron chi connectivity index (χ3n) is 3.00. The summed E-state index contributed by atoms with van der Waals surface area (Å²) in [6, 6.07) is 8.65. The molecule has 126 valence electrons. The lowest BCUT2D eigenvalue weighted by atomic mass is 10.2. The van der Waals surface area contributed by atoms with Crippen LogP contribution in [0.5, 0.6) is 0 Å². The summed E-state index contributed by atoms with van der Waals surface area (Å²) in [4.78, 5) is 38.2. The van der Waals surface area contributed by atoms with Gasteiger partial charge >= 0.3 is 6.03 Å². The first-order valence-corrected chi connectivity index (χ1v) is 8.22. The summed E-state index contributed by atoms with van der Waals surface area (Å²) in [7, 11) is 0. The Bertz CT molecular complexity index is 702. The highest BCUT2D eigenvalue weighted by Gasteiger charge is 2.11. The molecule has 0 saturated heterocycles. The minimum atomic E-state index is -0.530. The number of urea groups is 1. The zero-order chi connectivity index (χ0) is 17.4. The van der Waals surface area contributed by atoms with Gasteiger partial charge in [0.25, 0.3) is 0 Å². The zero-order valence-electron chi connectivity index (χ0n) is 13.1. The second-order valence-electron chi connectivity index (χ2n) is 5.11. The van der Waals surface area contributed by atoms with Crippen molar-refractivity contribution in [2.24, 2.45) is 0 Å². The summed E-state index contributed by atoms with van der Waals surface area (Å²) in [5.74, 6) is -0.292. The molecule has 0 aliphatic carbocycles. The molecule has 0 fully saturated rings. The second-order valence-corrected chi connectivity index (χ2v) is 5.96. The molecule has 0 saturated carbocycles. The van der Waals surface area contributed by atoms with Crippen LogP contribution in [0.3, 0.4) is 0 Å². The van der Waals surface area contributed by atoms with Crippen LogP contribution in [0.4, 0.5) is 9.93 Å². The maximum absolute atomic E-state index is 11.8. The molecule has 0 aliphatic rings. The highest BCUT2D eigenvalue weighted by atomic mass is 32.1. The molecule has 7 nitrogen and oxygen atoms in total. The standard InChI is InChI=1S/C16H18N4O3S/c1-11(9-21)18-14(22)7-13-10-24-16(19-13)20-15(23)17-8-12-5-3-2-4-6-12/h2-6,9-11H,7-8H2,1H3,(H,18,22)(H2,17,19,20,23). The van der Waals surface area contributed by atoms with Crippen LogP contribution < -0.4 is 16.0 Å². The van der Waals surface area contributed by atoms with Crippen molar-refractivity contribution in [3.8, 4) is 0 Å². The van der Waals surface area contributed by atoms with E-state index < -0.39 is 6.04 Å². The summed E-state index contributed by atoms with van der Waals surface area (Å²) in [6.07, 6.45) is 0.713. The molecule has 1 heterocycles. The molecule has 1 unspecified atom stereocenters. The van der Waals surface area contributed by atoms with Gasteiger partial charge in [-0.25, -0.2) is 9.78 Å². The maximum Gasteiger partial charge on any atom is 0.321 e. The number of carbonyl (C=O) groups excluding carboxylic acids is 3. The number of nitrogens with zero attached hydrogens (tertiary/aromatic N) is 1. The first-order valence-electron chi connectivity index (χ1n) is 7.34. The first-order chi connectivity index (χ1) is 11.6. The van der Waals surface area contributed by atoms with Crippen LogP contribution in [-0.2, 0) is 22.6 Å². The van der Waals surface area contributed by atoms with E-state index in [9.17, 15) is 14.4 Å². The Labute approximate surface area is 143 Å². The van der Waals surface area contributed by atoms with Crippen LogP contribution in [0.15, 0.2) is 35.7 Å². The van der Waals surface area contributed by atoms with Gasteiger partial charge in [-0.05, 0) is 12.5 Å². The SMILES string of the molecule is CC(C=O)NC(=O)Cc1csc(NC(=O)NCc2ccccc2)n1. The number of hydrogen-bond donors (Lipinski definition) is 3. The van der Waals surface area contributed by atoms with Gasteiger partial charge in [-0.15, -0.1) is 11.3 Å². The largest absolute Gasteiger partial charge is 0.347 e. The van der Waals surface area contributed by atoms with E-state index in [1.165, 1.54) is 11.3 Å². The number of thiazole rings is 1. The molecular weight excluding hydrogens is 328 g/mol. The maximum atomic E-state index is 11.8. The molecule has 0 radical (unpaired) electrons. The van der Waals surface area contributed by atoms with E-state index >= 15 is 0 Å². The van der Waals surface area contributed by atoms with Gasteiger partial charge in [-0.1, -0.05) is 30.3 Å². The number of aromatic nitrogens is 1. The van der Waals surface area contributed by atoms with Crippen molar-refractivity contribution in [1.29, 1.82) is 0 Å². The minimum absolute atomic E-state index is 0.0575. The van der Waals surface area contributed by atoms with Crippen molar-refractivity contribution in [3.63, 3.8) is 0 Å². The van der Waals surface area contributed by atoms with Gasteiger partial charge in [0.2, 0.25) is 5.91 Å². The molecule has 0 spiro atoms. The topological polar surface area (TPSA) is 100 Å². The molecule has 1 atom stereocenters. The number of benzene rings is 1. The second kappa shape index (κ2) is 8.78. The third-order valence-corrected chi connectivity index (χ3v) is 3.81. The van der Waals surface area contributed by atoms with Crippen LogP contribution in [0.1, 0.15) is 18.2 Å². The van der Waals surface area contributed by atoms with Crippen LogP contribution in [0.25, 0.3) is 0 Å². The fourth-order valence-electron chi connectivity index (χ4n) is 1.87. The third kappa shape index (κ3) is 5.81. The van der Waals surface area contributed by atoms with Gasteiger partial charge in [-0.3, -0.25) is 10.1 Å². The predicted octanol–water partition coefficient (Wildman–Crippen LogP) is 1.71. The summed E-state index contributed by atoms with van der Waals surface area (Å²) in [6.45, 7) is 2.01. The molecule has 3 amide bonds. The number of carbonyl (C=O) groups is 3. The minimum Gasteiger partial charge on any atom is -0.347 e. The lowest BCUT2D eigenvalue weighted by Gasteiger charge is -2.06. The Morgan fingerprint density at radius 3 is 2.75 bits per heavy atom. The first kappa shape index (κ1) is 17.6. The van der Waals surface area contributed by atoms with Crippen molar-refractivity contribution in [2.75, 3.05) is 5.32 Å². The Morgan fingerprint density at radius 1 is 1.29 bits per heavy atom. The summed E-state index contributed by atoms with van der Waals surface area (Å²) < 4.78 is 0. The molecule has 0 aliphatic heterocycles.